The van der Waals surface area contributed by atoms with Crippen molar-refractivity contribution >= 4 is 23.4 Å². The van der Waals surface area contributed by atoms with E-state index in [1.165, 1.54) is 6.42 Å². The number of hydrogen-bond acceptors (Lipinski definition) is 2. The maximum atomic E-state index is 12.1. The summed E-state index contributed by atoms with van der Waals surface area (Å²) in [6, 6.07) is 10.1. The summed E-state index contributed by atoms with van der Waals surface area (Å²) in [4.78, 5) is 13.9. The first kappa shape index (κ1) is 15.5. The van der Waals surface area contributed by atoms with E-state index >= 15 is 0 Å². The quantitative estimate of drug-likeness (QED) is 0.905. The molecule has 2 aliphatic rings. The number of benzene rings is 1. The summed E-state index contributed by atoms with van der Waals surface area (Å²) in [5.41, 5.74) is 2.07. The zero-order chi connectivity index (χ0) is 16.7. The number of carbonyl (C=O) groups is 1. The summed E-state index contributed by atoms with van der Waals surface area (Å²) in [5, 5.41) is 8.38. The molecule has 2 heterocycles. The van der Waals surface area contributed by atoms with Gasteiger partial charge in [0.05, 0.1) is 5.69 Å². The molecule has 0 radical (unpaired) electrons. The number of carbonyl (C=O) groups excluding carboxylic acids is 1. The fourth-order valence-corrected chi connectivity index (χ4v) is 4.22. The molecule has 0 spiro atoms. The predicted molar refractivity (Wildman–Crippen MR) is 94.7 cm³/mol. The molecule has 1 saturated carbocycles. The van der Waals surface area contributed by atoms with Crippen molar-refractivity contribution in [3.63, 3.8) is 0 Å². The zero-order valence-electron chi connectivity index (χ0n) is 13.8. The van der Waals surface area contributed by atoms with Crippen molar-refractivity contribution in [3.05, 3.63) is 46.6 Å². The average Bonchev–Trinajstić information content (AvgIpc) is 2.99. The number of rotatable bonds is 2. The van der Waals surface area contributed by atoms with Gasteiger partial charge in [0, 0.05) is 36.6 Å². The minimum atomic E-state index is -0.114. The zero-order valence-corrected chi connectivity index (χ0v) is 14.5. The van der Waals surface area contributed by atoms with Crippen LogP contribution in [0.25, 0.3) is 0 Å². The van der Waals surface area contributed by atoms with Crippen LogP contribution in [0, 0.1) is 0 Å². The molecule has 1 fully saturated rings. The number of halogens is 1. The van der Waals surface area contributed by atoms with Crippen molar-refractivity contribution in [2.24, 2.45) is 0 Å². The Morgan fingerprint density at radius 3 is 2.71 bits per heavy atom. The molecule has 24 heavy (non-hydrogen) atoms. The normalized spacial score (nSPS) is 18.7. The SMILES string of the molecule is CNC(=O)N1CCCn2nc(C3(c4ccccc4Cl)CCC3)cc21. The van der Waals surface area contributed by atoms with E-state index in [0.29, 0.717) is 0 Å². The largest absolute Gasteiger partial charge is 0.341 e. The second kappa shape index (κ2) is 5.81. The molecule has 0 bridgehead atoms. The summed E-state index contributed by atoms with van der Waals surface area (Å²) >= 11 is 6.49. The van der Waals surface area contributed by atoms with E-state index in [2.05, 4.69) is 17.4 Å². The van der Waals surface area contributed by atoms with Crippen molar-refractivity contribution in [1.29, 1.82) is 0 Å². The van der Waals surface area contributed by atoms with Crippen LogP contribution >= 0.6 is 11.6 Å². The van der Waals surface area contributed by atoms with Gasteiger partial charge in [-0.3, -0.25) is 4.90 Å². The molecule has 2 aromatic rings. The number of hydrogen-bond donors (Lipinski definition) is 1. The first-order valence-corrected chi connectivity index (χ1v) is 8.86. The van der Waals surface area contributed by atoms with Crippen molar-refractivity contribution in [2.45, 2.75) is 37.6 Å². The van der Waals surface area contributed by atoms with Crippen molar-refractivity contribution in [3.8, 4) is 0 Å². The van der Waals surface area contributed by atoms with E-state index in [4.69, 9.17) is 16.7 Å². The Kier molecular flexibility index (Phi) is 3.76. The summed E-state index contributed by atoms with van der Waals surface area (Å²) in [6.07, 6.45) is 4.19. The fraction of sp³-hybridized carbons (Fsp3) is 0.444. The van der Waals surface area contributed by atoms with Gasteiger partial charge in [0.15, 0.2) is 0 Å². The van der Waals surface area contributed by atoms with E-state index in [-0.39, 0.29) is 11.4 Å². The van der Waals surface area contributed by atoms with E-state index in [9.17, 15) is 4.79 Å². The highest BCUT2D eigenvalue weighted by molar-refractivity contribution is 6.31. The number of anilines is 1. The molecule has 2 amide bonds. The molecule has 1 N–H and O–H groups in total. The highest BCUT2D eigenvalue weighted by Gasteiger charge is 2.44. The molecule has 0 saturated heterocycles. The number of fused-ring (bicyclic) bond motifs is 1. The molecule has 6 heteroatoms. The maximum absolute atomic E-state index is 12.1. The van der Waals surface area contributed by atoms with Gasteiger partial charge in [0.25, 0.3) is 0 Å². The lowest BCUT2D eigenvalue weighted by Gasteiger charge is -2.41. The molecule has 0 atom stereocenters. The lowest BCUT2D eigenvalue weighted by molar-refractivity contribution is 0.246. The summed E-state index contributed by atoms with van der Waals surface area (Å²) in [5.74, 6) is 0.883. The second-order valence-corrected chi connectivity index (χ2v) is 6.99. The van der Waals surface area contributed by atoms with Crippen LogP contribution in [0.5, 0.6) is 0 Å². The van der Waals surface area contributed by atoms with Gasteiger partial charge in [-0.15, -0.1) is 0 Å². The van der Waals surface area contributed by atoms with Crippen molar-refractivity contribution in [2.75, 3.05) is 18.5 Å². The average molecular weight is 345 g/mol. The number of amides is 2. The van der Waals surface area contributed by atoms with Gasteiger partial charge in [-0.25, -0.2) is 9.48 Å². The third-order valence-corrected chi connectivity index (χ3v) is 5.66. The minimum absolute atomic E-state index is 0.0807. The Balaban J connectivity index is 1.79. The third-order valence-electron chi connectivity index (χ3n) is 5.33. The first-order chi connectivity index (χ1) is 11.7. The molecular formula is C18H21ClN4O. The van der Waals surface area contributed by atoms with Crippen LogP contribution in [0.3, 0.4) is 0 Å². The van der Waals surface area contributed by atoms with Gasteiger partial charge in [-0.05, 0) is 30.9 Å². The summed E-state index contributed by atoms with van der Waals surface area (Å²) in [6.45, 7) is 1.57. The minimum Gasteiger partial charge on any atom is -0.341 e. The Hall–Kier alpha value is -2.01. The van der Waals surface area contributed by atoms with Crippen LogP contribution in [-0.4, -0.2) is 29.4 Å². The Morgan fingerprint density at radius 1 is 1.25 bits per heavy atom. The van der Waals surface area contributed by atoms with Gasteiger partial charge >= 0.3 is 6.03 Å². The van der Waals surface area contributed by atoms with E-state index < -0.39 is 0 Å². The monoisotopic (exact) mass is 344 g/mol. The number of nitrogens with zero attached hydrogens (tertiary/aromatic N) is 3. The molecule has 1 aromatic carbocycles. The van der Waals surface area contributed by atoms with E-state index in [0.717, 1.165) is 54.4 Å². The number of aromatic nitrogens is 2. The summed E-state index contributed by atoms with van der Waals surface area (Å²) in [7, 11) is 1.66. The van der Waals surface area contributed by atoms with Crippen LogP contribution in [0.2, 0.25) is 5.02 Å². The number of urea groups is 1. The second-order valence-electron chi connectivity index (χ2n) is 6.59. The number of nitrogens with one attached hydrogen (secondary N) is 1. The smallest absolute Gasteiger partial charge is 0.322 e. The van der Waals surface area contributed by atoms with Crippen LogP contribution in [0.15, 0.2) is 30.3 Å². The Labute approximate surface area is 146 Å². The highest BCUT2D eigenvalue weighted by Crippen LogP contribution is 2.51. The molecule has 1 aliphatic heterocycles. The lowest BCUT2D eigenvalue weighted by atomic mass is 9.62. The van der Waals surface area contributed by atoms with Gasteiger partial charge < -0.3 is 5.32 Å². The molecule has 1 aromatic heterocycles. The topological polar surface area (TPSA) is 50.2 Å². The lowest BCUT2D eigenvalue weighted by Crippen LogP contribution is -2.42. The van der Waals surface area contributed by atoms with Gasteiger partial charge in [0.2, 0.25) is 0 Å². The van der Waals surface area contributed by atoms with E-state index in [1.54, 1.807) is 11.9 Å². The molecular weight excluding hydrogens is 324 g/mol. The van der Waals surface area contributed by atoms with Crippen LogP contribution in [0.4, 0.5) is 10.6 Å². The van der Waals surface area contributed by atoms with Crippen LogP contribution in [0.1, 0.15) is 36.9 Å². The maximum Gasteiger partial charge on any atom is 0.322 e. The Morgan fingerprint density at radius 2 is 2.04 bits per heavy atom. The van der Waals surface area contributed by atoms with Crippen LogP contribution in [-0.2, 0) is 12.0 Å². The van der Waals surface area contributed by atoms with Crippen molar-refractivity contribution < 1.29 is 4.79 Å². The summed E-state index contributed by atoms with van der Waals surface area (Å²) < 4.78 is 1.96. The molecule has 1 aliphatic carbocycles. The van der Waals surface area contributed by atoms with Crippen molar-refractivity contribution in [1.82, 2.24) is 15.1 Å². The van der Waals surface area contributed by atoms with Gasteiger partial charge in [-0.1, -0.05) is 36.2 Å². The van der Waals surface area contributed by atoms with E-state index in [1.807, 2.05) is 22.9 Å². The molecule has 126 valence electrons. The van der Waals surface area contributed by atoms with Gasteiger partial charge in [-0.2, -0.15) is 5.10 Å². The first-order valence-electron chi connectivity index (χ1n) is 8.48. The van der Waals surface area contributed by atoms with Gasteiger partial charge in [0.1, 0.15) is 5.82 Å². The molecule has 5 nitrogen and oxygen atoms in total. The Bertz CT molecular complexity index is 781. The molecule has 4 rings (SSSR count). The standard InChI is InChI=1S/C18H21ClN4O/c1-20-17(24)22-10-5-11-23-16(22)12-15(21-23)18(8-4-9-18)13-6-2-3-7-14(13)19/h2-3,6-7,12H,4-5,8-11H2,1H3,(H,20,24). The molecule has 0 unspecified atom stereocenters. The van der Waals surface area contributed by atoms with Crippen LogP contribution < -0.4 is 10.2 Å². The fourth-order valence-electron chi connectivity index (χ4n) is 3.90. The highest BCUT2D eigenvalue weighted by atomic mass is 35.5. The number of aryl methyl sites for hydroxylation is 1. The third kappa shape index (κ3) is 2.22. The predicted octanol–water partition coefficient (Wildman–Crippen LogP) is 3.56.